The monoisotopic (exact) mass is 482 g/mol. The minimum Gasteiger partial charge on any atom is -0.493 e. The fourth-order valence-corrected chi connectivity index (χ4v) is 4.47. The fraction of sp³-hybridized carbons (Fsp3) is 0.385. The molecule has 3 aromatic rings. The van der Waals surface area contributed by atoms with Crippen molar-refractivity contribution in [3.05, 3.63) is 66.0 Å². The van der Waals surface area contributed by atoms with Crippen molar-refractivity contribution in [2.24, 2.45) is 0 Å². The SMILES string of the molecule is COc1cc(C(C(=O)NC2CCCC2)N(Cc2ccco2)C(=O)c2ccco2)cc(OC)c1OC. The van der Waals surface area contributed by atoms with Crippen LogP contribution in [0.5, 0.6) is 17.2 Å². The van der Waals surface area contributed by atoms with Gasteiger partial charge in [-0.1, -0.05) is 12.8 Å². The highest BCUT2D eigenvalue weighted by Crippen LogP contribution is 2.41. The predicted molar refractivity (Wildman–Crippen MR) is 127 cm³/mol. The van der Waals surface area contributed by atoms with E-state index in [1.807, 2.05) is 0 Å². The second kappa shape index (κ2) is 11.0. The number of carbonyl (C=O) groups excluding carboxylic acids is 2. The molecular formula is C26H30N2O7. The van der Waals surface area contributed by atoms with E-state index in [-0.39, 0.29) is 24.3 Å². The molecule has 2 heterocycles. The van der Waals surface area contributed by atoms with E-state index in [0.717, 1.165) is 25.7 Å². The standard InChI is InChI=1S/C26H30N2O7/c1-31-21-14-17(15-22(32-2)24(21)33-3)23(25(29)27-18-8-4-5-9-18)28(16-19-10-6-12-34-19)26(30)20-11-7-13-35-20/h6-7,10-15,18,23H,4-5,8-9,16H2,1-3H3,(H,27,29). The lowest BCUT2D eigenvalue weighted by atomic mass is 10.0. The van der Waals surface area contributed by atoms with Gasteiger partial charge in [-0.05, 0) is 54.8 Å². The summed E-state index contributed by atoms with van der Waals surface area (Å²) in [4.78, 5) is 28.9. The lowest BCUT2D eigenvalue weighted by Crippen LogP contribution is -2.45. The summed E-state index contributed by atoms with van der Waals surface area (Å²) in [6.07, 6.45) is 6.86. The molecule has 1 fully saturated rings. The number of nitrogens with one attached hydrogen (secondary N) is 1. The summed E-state index contributed by atoms with van der Waals surface area (Å²) in [6.45, 7) is 0.0476. The lowest BCUT2D eigenvalue weighted by Gasteiger charge is -2.31. The molecule has 1 saturated carbocycles. The van der Waals surface area contributed by atoms with Crippen LogP contribution in [0.1, 0.15) is 53.6 Å². The van der Waals surface area contributed by atoms with Crippen LogP contribution >= 0.6 is 0 Å². The van der Waals surface area contributed by atoms with Gasteiger partial charge in [-0.15, -0.1) is 0 Å². The number of rotatable bonds is 10. The van der Waals surface area contributed by atoms with Crippen molar-refractivity contribution in [2.45, 2.75) is 44.3 Å². The first kappa shape index (κ1) is 24.3. The first-order valence-corrected chi connectivity index (χ1v) is 11.5. The first-order valence-electron chi connectivity index (χ1n) is 11.5. The highest BCUT2D eigenvalue weighted by atomic mass is 16.5. The third-order valence-corrected chi connectivity index (χ3v) is 6.16. The average molecular weight is 483 g/mol. The molecule has 186 valence electrons. The van der Waals surface area contributed by atoms with E-state index in [1.165, 1.54) is 38.8 Å². The van der Waals surface area contributed by atoms with Gasteiger partial charge in [0.1, 0.15) is 11.8 Å². The smallest absolute Gasteiger partial charge is 0.290 e. The number of carbonyl (C=O) groups is 2. The van der Waals surface area contributed by atoms with Crippen molar-refractivity contribution in [3.8, 4) is 17.2 Å². The summed E-state index contributed by atoms with van der Waals surface area (Å²) in [6, 6.07) is 9.09. The molecule has 2 amide bonds. The predicted octanol–water partition coefficient (Wildman–Crippen LogP) is 4.34. The van der Waals surface area contributed by atoms with Crippen molar-refractivity contribution >= 4 is 11.8 Å². The average Bonchev–Trinajstić information content (AvgIpc) is 3.66. The van der Waals surface area contributed by atoms with Crippen LogP contribution in [0, 0.1) is 0 Å². The molecular weight excluding hydrogens is 452 g/mol. The Morgan fingerprint density at radius 2 is 1.66 bits per heavy atom. The van der Waals surface area contributed by atoms with Crippen LogP contribution in [-0.4, -0.2) is 44.1 Å². The van der Waals surface area contributed by atoms with Gasteiger partial charge < -0.3 is 33.3 Å². The number of amides is 2. The largest absolute Gasteiger partial charge is 0.493 e. The van der Waals surface area contributed by atoms with Gasteiger partial charge in [0.15, 0.2) is 17.3 Å². The third-order valence-electron chi connectivity index (χ3n) is 6.16. The quantitative estimate of drug-likeness (QED) is 0.458. The molecule has 0 spiro atoms. The molecule has 0 radical (unpaired) electrons. The minimum absolute atomic E-state index is 0.0476. The number of nitrogens with zero attached hydrogens (tertiary/aromatic N) is 1. The van der Waals surface area contributed by atoms with Crippen LogP contribution in [0.15, 0.2) is 57.8 Å². The highest BCUT2D eigenvalue weighted by molar-refractivity contribution is 5.96. The fourth-order valence-electron chi connectivity index (χ4n) is 4.47. The number of hydrogen-bond donors (Lipinski definition) is 1. The number of methoxy groups -OCH3 is 3. The van der Waals surface area contributed by atoms with E-state index in [9.17, 15) is 9.59 Å². The van der Waals surface area contributed by atoms with Gasteiger partial charge in [-0.25, -0.2) is 0 Å². The maximum absolute atomic E-state index is 13.8. The van der Waals surface area contributed by atoms with Gasteiger partial charge in [0, 0.05) is 6.04 Å². The second-order valence-corrected chi connectivity index (χ2v) is 8.34. The van der Waals surface area contributed by atoms with Crippen LogP contribution < -0.4 is 19.5 Å². The zero-order valence-corrected chi connectivity index (χ0v) is 20.1. The summed E-state index contributed by atoms with van der Waals surface area (Å²) in [5.74, 6) is 1.03. The Labute approximate surface area is 203 Å². The van der Waals surface area contributed by atoms with Crippen LogP contribution in [0.4, 0.5) is 0 Å². The van der Waals surface area contributed by atoms with Crippen LogP contribution in [0.2, 0.25) is 0 Å². The number of hydrogen-bond acceptors (Lipinski definition) is 7. The molecule has 1 N–H and O–H groups in total. The van der Waals surface area contributed by atoms with E-state index in [0.29, 0.717) is 28.6 Å². The van der Waals surface area contributed by atoms with Crippen molar-refractivity contribution in [1.29, 1.82) is 0 Å². The number of ether oxygens (including phenoxy) is 3. The number of benzene rings is 1. The Bertz CT molecular complexity index is 1090. The van der Waals surface area contributed by atoms with Crippen molar-refractivity contribution in [1.82, 2.24) is 10.2 Å². The first-order chi connectivity index (χ1) is 17.0. The molecule has 1 aliphatic rings. The Kier molecular flexibility index (Phi) is 7.64. The van der Waals surface area contributed by atoms with E-state index < -0.39 is 11.9 Å². The van der Waals surface area contributed by atoms with Gasteiger partial charge >= 0.3 is 0 Å². The topological polar surface area (TPSA) is 103 Å². The molecule has 1 aliphatic carbocycles. The summed E-state index contributed by atoms with van der Waals surface area (Å²) in [5, 5.41) is 3.13. The summed E-state index contributed by atoms with van der Waals surface area (Å²) in [7, 11) is 4.51. The van der Waals surface area contributed by atoms with Crippen LogP contribution in [0.3, 0.4) is 0 Å². The molecule has 0 saturated heterocycles. The molecule has 35 heavy (non-hydrogen) atoms. The van der Waals surface area contributed by atoms with Gasteiger partial charge in [0.25, 0.3) is 5.91 Å². The summed E-state index contributed by atoms with van der Waals surface area (Å²) < 4.78 is 27.4. The molecule has 1 aromatic carbocycles. The number of furan rings is 2. The van der Waals surface area contributed by atoms with E-state index >= 15 is 0 Å². The Hall–Kier alpha value is -3.88. The summed E-state index contributed by atoms with van der Waals surface area (Å²) >= 11 is 0. The van der Waals surface area contributed by atoms with Crippen LogP contribution in [-0.2, 0) is 11.3 Å². The molecule has 0 aliphatic heterocycles. The van der Waals surface area contributed by atoms with Crippen molar-refractivity contribution in [2.75, 3.05) is 21.3 Å². The van der Waals surface area contributed by atoms with E-state index in [2.05, 4.69) is 5.32 Å². The Morgan fingerprint density at radius 3 is 2.20 bits per heavy atom. The molecule has 9 nitrogen and oxygen atoms in total. The normalized spacial score (nSPS) is 14.4. The van der Waals surface area contributed by atoms with Crippen molar-refractivity contribution < 1.29 is 32.6 Å². The zero-order chi connectivity index (χ0) is 24.8. The zero-order valence-electron chi connectivity index (χ0n) is 20.1. The van der Waals surface area contributed by atoms with Crippen LogP contribution in [0.25, 0.3) is 0 Å². The van der Waals surface area contributed by atoms with Gasteiger partial charge in [-0.3, -0.25) is 9.59 Å². The molecule has 1 atom stereocenters. The van der Waals surface area contributed by atoms with Gasteiger partial charge in [0.05, 0.1) is 40.4 Å². The molecule has 4 rings (SSSR count). The molecule has 1 unspecified atom stereocenters. The molecule has 2 aromatic heterocycles. The van der Waals surface area contributed by atoms with Gasteiger partial charge in [-0.2, -0.15) is 0 Å². The maximum Gasteiger partial charge on any atom is 0.290 e. The maximum atomic E-state index is 13.8. The highest BCUT2D eigenvalue weighted by Gasteiger charge is 2.36. The Balaban J connectivity index is 1.82. The van der Waals surface area contributed by atoms with Gasteiger partial charge in [0.2, 0.25) is 11.7 Å². The van der Waals surface area contributed by atoms with E-state index in [1.54, 1.807) is 36.4 Å². The summed E-state index contributed by atoms with van der Waals surface area (Å²) in [5.41, 5.74) is 0.501. The van der Waals surface area contributed by atoms with E-state index in [4.69, 9.17) is 23.0 Å². The van der Waals surface area contributed by atoms with Crippen molar-refractivity contribution in [3.63, 3.8) is 0 Å². The molecule has 9 heteroatoms. The minimum atomic E-state index is -1.02. The third kappa shape index (κ3) is 5.29. The Morgan fingerprint density at radius 1 is 1.00 bits per heavy atom. The lowest BCUT2D eigenvalue weighted by molar-refractivity contribution is -0.126. The second-order valence-electron chi connectivity index (χ2n) is 8.34. The molecule has 0 bridgehead atoms.